The lowest BCUT2D eigenvalue weighted by atomic mass is 10.1. The number of hydrogen-bond donors (Lipinski definition) is 0. The van der Waals surface area contributed by atoms with Crippen LogP contribution in [0.4, 0.5) is 0 Å². The van der Waals surface area contributed by atoms with Crippen molar-refractivity contribution in [3.63, 3.8) is 0 Å². The van der Waals surface area contributed by atoms with Crippen LogP contribution in [0.3, 0.4) is 0 Å². The van der Waals surface area contributed by atoms with E-state index in [1.807, 2.05) is 0 Å². The zero-order valence-corrected chi connectivity index (χ0v) is 15.6. The van der Waals surface area contributed by atoms with Crippen LogP contribution in [0, 0.1) is 0 Å². The molecule has 1 saturated heterocycles. The summed E-state index contributed by atoms with van der Waals surface area (Å²) >= 11 is 0. The predicted octanol–water partition coefficient (Wildman–Crippen LogP) is 0.968. The zero-order chi connectivity index (χ0) is 18.9. The lowest BCUT2D eigenvalue weighted by molar-refractivity contribution is -0.198. The Bertz CT molecular complexity index is 908. The number of amides is 1. The molecular formula is C17H21N5O4S. The minimum absolute atomic E-state index is 0.133. The van der Waals surface area contributed by atoms with Crippen molar-refractivity contribution in [2.24, 2.45) is 0 Å². The summed E-state index contributed by atoms with van der Waals surface area (Å²) in [4.78, 5) is 22.1. The number of fused-ring (bicyclic) bond motifs is 1. The number of carbonyl (C=O) groups excluding carboxylic acids is 1. The highest BCUT2D eigenvalue weighted by Crippen LogP contribution is 2.28. The van der Waals surface area contributed by atoms with Gasteiger partial charge in [0.15, 0.2) is 0 Å². The fourth-order valence-corrected chi connectivity index (χ4v) is 4.85. The molecule has 0 aromatic carbocycles. The number of hydrogen-bond acceptors (Lipinski definition) is 6. The third-order valence-electron chi connectivity index (χ3n) is 4.81. The van der Waals surface area contributed by atoms with Crippen LogP contribution in [0.5, 0.6) is 0 Å². The molecule has 0 saturated carbocycles. The first kappa shape index (κ1) is 18.1. The van der Waals surface area contributed by atoms with Gasteiger partial charge >= 0.3 is 0 Å². The molecular weight excluding hydrogens is 370 g/mol. The molecule has 9 nitrogen and oxygen atoms in total. The summed E-state index contributed by atoms with van der Waals surface area (Å²) in [5.74, 6) is -0.151. The molecule has 0 bridgehead atoms. The molecule has 1 atom stereocenters. The molecule has 0 N–H and O–H groups in total. The van der Waals surface area contributed by atoms with Gasteiger partial charge in [-0.25, -0.2) is 13.5 Å². The predicted molar refractivity (Wildman–Crippen MR) is 94.6 cm³/mol. The first-order valence-electron chi connectivity index (χ1n) is 8.91. The Morgan fingerprint density at radius 2 is 2.15 bits per heavy atom. The Hall–Kier alpha value is -2.30. The lowest BCUT2D eigenvalue weighted by Gasteiger charge is -2.34. The van der Waals surface area contributed by atoms with E-state index in [4.69, 9.17) is 4.84 Å². The van der Waals surface area contributed by atoms with Crippen molar-refractivity contribution in [2.75, 3.05) is 19.7 Å². The maximum Gasteiger partial charge on any atom is 0.248 e. The molecule has 1 fully saturated rings. The van der Waals surface area contributed by atoms with Crippen LogP contribution in [0.25, 0.3) is 0 Å². The topological polar surface area (TPSA) is 97.6 Å². The first-order chi connectivity index (χ1) is 13.1. The summed E-state index contributed by atoms with van der Waals surface area (Å²) < 4.78 is 29.1. The van der Waals surface area contributed by atoms with Gasteiger partial charge in [-0.2, -0.15) is 9.40 Å². The van der Waals surface area contributed by atoms with Gasteiger partial charge in [0.05, 0.1) is 31.3 Å². The normalized spacial score (nSPS) is 21.0. The van der Waals surface area contributed by atoms with Gasteiger partial charge in [0.25, 0.3) is 0 Å². The number of hydroxylamine groups is 2. The molecule has 0 spiro atoms. The summed E-state index contributed by atoms with van der Waals surface area (Å²) in [5.41, 5.74) is 0.756. The Balaban J connectivity index is 1.57. The minimum atomic E-state index is -3.70. The number of aromatic nitrogens is 3. The molecule has 2 aromatic heterocycles. The number of rotatable bonds is 4. The van der Waals surface area contributed by atoms with Crippen LogP contribution in [-0.4, -0.2) is 58.2 Å². The van der Waals surface area contributed by atoms with E-state index in [1.54, 1.807) is 23.0 Å². The van der Waals surface area contributed by atoms with Gasteiger partial charge in [0, 0.05) is 31.7 Å². The Labute approximate surface area is 157 Å². The molecule has 27 heavy (non-hydrogen) atoms. The molecule has 2 aliphatic heterocycles. The fourth-order valence-electron chi connectivity index (χ4n) is 3.43. The maximum atomic E-state index is 13.0. The quantitative estimate of drug-likeness (QED) is 0.770. The van der Waals surface area contributed by atoms with E-state index in [0.29, 0.717) is 13.2 Å². The van der Waals surface area contributed by atoms with Crippen molar-refractivity contribution in [3.05, 3.63) is 42.5 Å². The SMILES string of the molecule is O=C(C[C@@H]1CN(S(=O)(=O)c2cccnc2)Cc2ccnn21)N1CCCCO1. The molecule has 1 amide bonds. The highest BCUT2D eigenvalue weighted by Gasteiger charge is 2.35. The first-order valence-corrected chi connectivity index (χ1v) is 10.4. The van der Waals surface area contributed by atoms with Crippen LogP contribution in [-0.2, 0) is 26.2 Å². The van der Waals surface area contributed by atoms with E-state index in [9.17, 15) is 13.2 Å². The Morgan fingerprint density at radius 3 is 2.89 bits per heavy atom. The standard InChI is InChI=1S/C17H21N5O4S/c23-17(21-8-1-2-9-26-21)10-15-13-20(12-14-5-7-19-22(14)15)27(24,25)16-4-3-6-18-11-16/h3-7,11,15H,1-2,8-10,12-13H2/t15-/m1/s1. The van der Waals surface area contributed by atoms with Crippen LogP contribution >= 0.6 is 0 Å². The Morgan fingerprint density at radius 1 is 1.26 bits per heavy atom. The zero-order valence-electron chi connectivity index (χ0n) is 14.8. The van der Waals surface area contributed by atoms with E-state index >= 15 is 0 Å². The summed E-state index contributed by atoms with van der Waals surface area (Å²) in [5, 5.41) is 5.69. The van der Waals surface area contributed by atoms with Gasteiger partial charge in [-0.1, -0.05) is 0 Å². The lowest BCUT2D eigenvalue weighted by Crippen LogP contribution is -2.44. The molecule has 0 aliphatic carbocycles. The van der Waals surface area contributed by atoms with E-state index in [1.165, 1.54) is 27.8 Å². The molecule has 4 rings (SSSR count). The average Bonchev–Trinajstić information content (AvgIpc) is 3.18. The molecule has 0 radical (unpaired) electrons. The van der Waals surface area contributed by atoms with Gasteiger partial charge in [0.1, 0.15) is 4.90 Å². The highest BCUT2D eigenvalue weighted by atomic mass is 32.2. The number of carbonyl (C=O) groups is 1. The Kier molecular flexibility index (Phi) is 4.94. The molecule has 10 heteroatoms. The number of sulfonamides is 1. The van der Waals surface area contributed by atoms with Gasteiger partial charge in [-0.3, -0.25) is 19.3 Å². The largest absolute Gasteiger partial charge is 0.273 e. The van der Waals surface area contributed by atoms with Gasteiger partial charge < -0.3 is 0 Å². The summed E-state index contributed by atoms with van der Waals surface area (Å²) in [6.07, 6.45) is 6.48. The second kappa shape index (κ2) is 7.37. The van der Waals surface area contributed by atoms with Crippen molar-refractivity contribution < 1.29 is 18.0 Å². The molecule has 2 aromatic rings. The highest BCUT2D eigenvalue weighted by molar-refractivity contribution is 7.89. The van der Waals surface area contributed by atoms with Crippen molar-refractivity contribution in [3.8, 4) is 0 Å². The number of pyridine rings is 1. The average molecular weight is 391 g/mol. The molecule has 2 aliphatic rings. The van der Waals surface area contributed by atoms with Gasteiger partial charge in [-0.05, 0) is 31.0 Å². The third-order valence-corrected chi connectivity index (χ3v) is 6.61. The molecule has 0 unspecified atom stereocenters. The second-order valence-electron chi connectivity index (χ2n) is 6.65. The number of nitrogens with zero attached hydrogens (tertiary/aromatic N) is 5. The maximum absolute atomic E-state index is 13.0. The minimum Gasteiger partial charge on any atom is -0.273 e. The van der Waals surface area contributed by atoms with Crippen molar-refractivity contribution >= 4 is 15.9 Å². The summed E-state index contributed by atoms with van der Waals surface area (Å²) in [6, 6.07) is 4.51. The van der Waals surface area contributed by atoms with E-state index in [-0.39, 0.29) is 36.4 Å². The monoisotopic (exact) mass is 391 g/mol. The van der Waals surface area contributed by atoms with Crippen LogP contribution in [0.15, 0.2) is 41.7 Å². The van der Waals surface area contributed by atoms with E-state index < -0.39 is 10.0 Å². The van der Waals surface area contributed by atoms with Gasteiger partial charge in [0.2, 0.25) is 15.9 Å². The van der Waals surface area contributed by atoms with Crippen molar-refractivity contribution in [2.45, 2.75) is 36.7 Å². The molecule has 4 heterocycles. The smallest absolute Gasteiger partial charge is 0.248 e. The van der Waals surface area contributed by atoms with Crippen LogP contribution in [0.2, 0.25) is 0 Å². The van der Waals surface area contributed by atoms with E-state index in [0.717, 1.165) is 18.5 Å². The fraction of sp³-hybridized carbons (Fsp3) is 0.471. The van der Waals surface area contributed by atoms with Gasteiger partial charge in [-0.15, -0.1) is 0 Å². The summed E-state index contributed by atoms with van der Waals surface area (Å²) in [7, 11) is -3.70. The summed E-state index contributed by atoms with van der Waals surface area (Å²) in [6.45, 7) is 1.48. The van der Waals surface area contributed by atoms with E-state index in [2.05, 4.69) is 10.1 Å². The second-order valence-corrected chi connectivity index (χ2v) is 8.59. The van der Waals surface area contributed by atoms with Crippen molar-refractivity contribution in [1.29, 1.82) is 0 Å². The van der Waals surface area contributed by atoms with Crippen LogP contribution in [0.1, 0.15) is 31.0 Å². The van der Waals surface area contributed by atoms with Crippen LogP contribution < -0.4 is 0 Å². The third kappa shape index (κ3) is 3.60. The van der Waals surface area contributed by atoms with Crippen molar-refractivity contribution in [1.82, 2.24) is 24.1 Å². The molecule has 144 valence electrons.